The van der Waals surface area contributed by atoms with Gasteiger partial charge in [0.05, 0.1) is 11.6 Å². The second kappa shape index (κ2) is 7.75. The number of pyridine rings is 1. The van der Waals surface area contributed by atoms with Crippen LogP contribution in [0.3, 0.4) is 0 Å². The van der Waals surface area contributed by atoms with E-state index in [0.717, 1.165) is 42.5 Å². The standard InChI is InChI=1S/C18H19N5S/c19-12-15-3-5-17(6-4-15)22-8-10-23(11-9-22)18(24)21-14-16-2-1-7-20-13-16/h1-7,13H,8-11,14H2,(H,21,24). The van der Waals surface area contributed by atoms with Crippen molar-refractivity contribution in [3.8, 4) is 6.07 Å². The van der Waals surface area contributed by atoms with Crippen LogP contribution in [0.5, 0.6) is 0 Å². The van der Waals surface area contributed by atoms with Crippen LogP contribution in [-0.4, -0.2) is 41.2 Å². The predicted octanol–water partition coefficient (Wildman–Crippen LogP) is 2.15. The van der Waals surface area contributed by atoms with E-state index in [2.05, 4.69) is 26.2 Å². The SMILES string of the molecule is N#Cc1ccc(N2CCN(C(=S)NCc3cccnc3)CC2)cc1. The number of piperazine rings is 1. The molecule has 0 amide bonds. The molecule has 1 aliphatic rings. The number of thiocarbonyl (C=S) groups is 1. The average Bonchev–Trinajstić information content (AvgIpc) is 2.67. The molecule has 5 nitrogen and oxygen atoms in total. The molecule has 1 N–H and O–H groups in total. The van der Waals surface area contributed by atoms with Crippen molar-refractivity contribution in [1.29, 1.82) is 5.26 Å². The minimum atomic E-state index is 0.693. The molecule has 6 heteroatoms. The Kier molecular flexibility index (Phi) is 5.24. The van der Waals surface area contributed by atoms with Crippen LogP contribution >= 0.6 is 12.2 Å². The Morgan fingerprint density at radius 2 is 1.92 bits per heavy atom. The van der Waals surface area contributed by atoms with E-state index >= 15 is 0 Å². The molecular formula is C18H19N5S. The fraction of sp³-hybridized carbons (Fsp3) is 0.278. The Labute approximate surface area is 147 Å². The summed E-state index contributed by atoms with van der Waals surface area (Å²) in [6.07, 6.45) is 3.61. The summed E-state index contributed by atoms with van der Waals surface area (Å²) in [6, 6.07) is 13.9. The zero-order chi connectivity index (χ0) is 16.8. The first-order valence-corrected chi connectivity index (χ1v) is 8.34. The van der Waals surface area contributed by atoms with Gasteiger partial charge in [-0.3, -0.25) is 4.98 Å². The molecule has 1 fully saturated rings. The molecule has 24 heavy (non-hydrogen) atoms. The maximum atomic E-state index is 8.87. The van der Waals surface area contributed by atoms with E-state index in [0.29, 0.717) is 12.1 Å². The fourth-order valence-electron chi connectivity index (χ4n) is 2.71. The third-order valence-electron chi connectivity index (χ3n) is 4.09. The molecule has 1 aromatic carbocycles. The highest BCUT2D eigenvalue weighted by Gasteiger charge is 2.19. The summed E-state index contributed by atoms with van der Waals surface area (Å²) in [5.74, 6) is 0. The first-order chi connectivity index (χ1) is 11.8. The van der Waals surface area contributed by atoms with Gasteiger partial charge in [-0.15, -0.1) is 0 Å². The van der Waals surface area contributed by atoms with E-state index in [1.807, 2.05) is 42.6 Å². The van der Waals surface area contributed by atoms with Crippen molar-refractivity contribution in [3.05, 3.63) is 59.9 Å². The molecule has 3 rings (SSSR count). The molecule has 0 bridgehead atoms. The quantitative estimate of drug-likeness (QED) is 0.866. The number of rotatable bonds is 3. The van der Waals surface area contributed by atoms with Crippen molar-refractivity contribution in [2.45, 2.75) is 6.54 Å². The van der Waals surface area contributed by atoms with Crippen LogP contribution in [0.2, 0.25) is 0 Å². The van der Waals surface area contributed by atoms with Gasteiger partial charge in [0.2, 0.25) is 0 Å². The van der Waals surface area contributed by atoms with Gasteiger partial charge in [-0.05, 0) is 48.1 Å². The molecule has 2 heterocycles. The molecular weight excluding hydrogens is 318 g/mol. The average molecular weight is 337 g/mol. The third kappa shape index (κ3) is 4.00. The highest BCUT2D eigenvalue weighted by molar-refractivity contribution is 7.80. The normalized spacial score (nSPS) is 14.1. The van der Waals surface area contributed by atoms with Crippen LogP contribution in [0.1, 0.15) is 11.1 Å². The van der Waals surface area contributed by atoms with Gasteiger partial charge < -0.3 is 15.1 Å². The van der Waals surface area contributed by atoms with Crippen LogP contribution in [0.15, 0.2) is 48.8 Å². The van der Waals surface area contributed by atoms with Gasteiger partial charge in [-0.1, -0.05) is 6.07 Å². The van der Waals surface area contributed by atoms with Crippen LogP contribution in [0, 0.1) is 11.3 Å². The molecule has 0 saturated carbocycles. The van der Waals surface area contributed by atoms with E-state index in [-0.39, 0.29) is 0 Å². The van der Waals surface area contributed by atoms with Gasteiger partial charge in [0.25, 0.3) is 0 Å². The Hall–Kier alpha value is -2.65. The van der Waals surface area contributed by atoms with E-state index in [1.165, 1.54) is 0 Å². The first kappa shape index (κ1) is 16.2. The van der Waals surface area contributed by atoms with E-state index in [4.69, 9.17) is 17.5 Å². The number of nitrogens with one attached hydrogen (secondary N) is 1. The molecule has 0 atom stereocenters. The van der Waals surface area contributed by atoms with Crippen molar-refractivity contribution < 1.29 is 0 Å². The molecule has 0 aliphatic carbocycles. The molecule has 1 aliphatic heterocycles. The summed E-state index contributed by atoms with van der Waals surface area (Å²) in [5, 5.41) is 13.0. The van der Waals surface area contributed by atoms with E-state index in [9.17, 15) is 0 Å². The van der Waals surface area contributed by atoms with E-state index < -0.39 is 0 Å². The fourth-order valence-corrected chi connectivity index (χ4v) is 2.96. The predicted molar refractivity (Wildman–Crippen MR) is 98.6 cm³/mol. The molecule has 1 saturated heterocycles. The van der Waals surface area contributed by atoms with Gasteiger partial charge in [-0.2, -0.15) is 5.26 Å². The van der Waals surface area contributed by atoms with Crippen molar-refractivity contribution in [2.75, 3.05) is 31.1 Å². The van der Waals surface area contributed by atoms with Crippen molar-refractivity contribution in [3.63, 3.8) is 0 Å². The lowest BCUT2D eigenvalue weighted by Gasteiger charge is -2.37. The molecule has 0 unspecified atom stereocenters. The zero-order valence-corrected chi connectivity index (χ0v) is 14.2. The Morgan fingerprint density at radius 1 is 1.17 bits per heavy atom. The molecule has 122 valence electrons. The number of anilines is 1. The number of hydrogen-bond donors (Lipinski definition) is 1. The second-order valence-corrected chi connectivity index (χ2v) is 6.04. The van der Waals surface area contributed by atoms with Gasteiger partial charge in [-0.25, -0.2) is 0 Å². The summed E-state index contributed by atoms with van der Waals surface area (Å²) in [7, 11) is 0. The number of nitriles is 1. The lowest BCUT2D eigenvalue weighted by atomic mass is 10.2. The summed E-state index contributed by atoms with van der Waals surface area (Å²) in [4.78, 5) is 8.63. The summed E-state index contributed by atoms with van der Waals surface area (Å²) < 4.78 is 0. The monoisotopic (exact) mass is 337 g/mol. The minimum Gasteiger partial charge on any atom is -0.368 e. The Morgan fingerprint density at radius 3 is 2.54 bits per heavy atom. The topological polar surface area (TPSA) is 55.2 Å². The molecule has 0 spiro atoms. The maximum absolute atomic E-state index is 8.87. The van der Waals surface area contributed by atoms with Crippen LogP contribution in [-0.2, 0) is 6.54 Å². The highest BCUT2D eigenvalue weighted by atomic mass is 32.1. The second-order valence-electron chi connectivity index (χ2n) is 5.65. The largest absolute Gasteiger partial charge is 0.368 e. The van der Waals surface area contributed by atoms with Gasteiger partial charge in [0.1, 0.15) is 0 Å². The molecule has 0 radical (unpaired) electrons. The third-order valence-corrected chi connectivity index (χ3v) is 4.50. The van der Waals surface area contributed by atoms with Crippen LogP contribution in [0.25, 0.3) is 0 Å². The summed E-state index contributed by atoms with van der Waals surface area (Å²) >= 11 is 5.50. The summed E-state index contributed by atoms with van der Waals surface area (Å²) in [5.41, 5.74) is 2.97. The Balaban J connectivity index is 1.49. The number of hydrogen-bond acceptors (Lipinski definition) is 4. The lowest BCUT2D eigenvalue weighted by molar-refractivity contribution is 0.380. The molecule has 2 aromatic rings. The maximum Gasteiger partial charge on any atom is 0.169 e. The summed E-state index contributed by atoms with van der Waals surface area (Å²) in [6.45, 7) is 4.31. The van der Waals surface area contributed by atoms with E-state index in [1.54, 1.807) is 6.20 Å². The zero-order valence-electron chi connectivity index (χ0n) is 13.4. The number of aromatic nitrogens is 1. The lowest BCUT2D eigenvalue weighted by Crippen LogP contribution is -2.51. The first-order valence-electron chi connectivity index (χ1n) is 7.93. The number of nitrogens with zero attached hydrogens (tertiary/aromatic N) is 4. The smallest absolute Gasteiger partial charge is 0.169 e. The van der Waals surface area contributed by atoms with Crippen molar-refractivity contribution in [1.82, 2.24) is 15.2 Å². The number of benzene rings is 1. The highest BCUT2D eigenvalue weighted by Crippen LogP contribution is 2.17. The van der Waals surface area contributed by atoms with Gasteiger partial charge >= 0.3 is 0 Å². The van der Waals surface area contributed by atoms with Gasteiger partial charge in [0, 0.05) is 50.8 Å². The van der Waals surface area contributed by atoms with Crippen LogP contribution < -0.4 is 10.2 Å². The van der Waals surface area contributed by atoms with Gasteiger partial charge in [0.15, 0.2) is 5.11 Å². The Bertz CT molecular complexity index is 715. The van der Waals surface area contributed by atoms with Crippen LogP contribution in [0.4, 0.5) is 5.69 Å². The van der Waals surface area contributed by atoms with Crippen molar-refractivity contribution >= 4 is 23.0 Å². The van der Waals surface area contributed by atoms with Crippen molar-refractivity contribution in [2.24, 2.45) is 0 Å². The minimum absolute atomic E-state index is 0.693. The molecule has 1 aromatic heterocycles.